The molecule has 0 aromatic heterocycles. The molecule has 1 N–H and O–H groups in total. The van der Waals surface area contributed by atoms with Crippen LogP contribution in [-0.4, -0.2) is 27.1 Å². The van der Waals surface area contributed by atoms with Crippen LogP contribution in [0, 0.1) is 27.7 Å². The van der Waals surface area contributed by atoms with Crippen molar-refractivity contribution in [1.82, 2.24) is 5.32 Å². The number of benzene rings is 2. The van der Waals surface area contributed by atoms with Gasteiger partial charge < -0.3 is 5.32 Å². The van der Waals surface area contributed by atoms with Crippen molar-refractivity contribution < 1.29 is 13.2 Å². The lowest BCUT2D eigenvalue weighted by molar-refractivity contribution is -0.120. The van der Waals surface area contributed by atoms with E-state index in [0.717, 1.165) is 34.1 Å². The molecule has 0 radical (unpaired) electrons. The zero-order valence-corrected chi connectivity index (χ0v) is 17.6. The van der Waals surface area contributed by atoms with E-state index in [2.05, 4.69) is 5.32 Å². The lowest BCUT2D eigenvalue weighted by atomic mass is 10.00. The minimum Gasteiger partial charge on any atom is -0.348 e. The summed E-state index contributed by atoms with van der Waals surface area (Å²) in [5, 5.41) is 2.93. The molecule has 0 unspecified atom stereocenters. The molecule has 27 heavy (non-hydrogen) atoms. The third kappa shape index (κ3) is 5.32. The van der Waals surface area contributed by atoms with Crippen LogP contribution in [0.5, 0.6) is 0 Å². The van der Waals surface area contributed by atoms with Crippen LogP contribution < -0.4 is 9.62 Å². The van der Waals surface area contributed by atoms with Crippen LogP contribution in [0.3, 0.4) is 0 Å². The van der Waals surface area contributed by atoms with Gasteiger partial charge in [-0.2, -0.15) is 0 Å². The van der Waals surface area contributed by atoms with Gasteiger partial charge in [0.05, 0.1) is 18.0 Å². The molecule has 2 aromatic rings. The quantitative estimate of drug-likeness (QED) is 0.823. The highest BCUT2D eigenvalue weighted by molar-refractivity contribution is 7.92. The highest BCUT2D eigenvalue weighted by Crippen LogP contribution is 2.24. The van der Waals surface area contributed by atoms with Crippen molar-refractivity contribution in [3.63, 3.8) is 0 Å². The fourth-order valence-electron chi connectivity index (χ4n) is 3.09. The summed E-state index contributed by atoms with van der Waals surface area (Å²) in [6.07, 6.45) is 1.12. The maximum absolute atomic E-state index is 12.6. The average Bonchev–Trinajstić information content (AvgIpc) is 2.56. The maximum Gasteiger partial charge on any atom is 0.241 e. The molecule has 0 saturated carbocycles. The highest BCUT2D eigenvalue weighted by atomic mass is 32.2. The van der Waals surface area contributed by atoms with Gasteiger partial charge in [-0.25, -0.2) is 8.42 Å². The van der Waals surface area contributed by atoms with E-state index in [1.165, 1.54) is 4.31 Å². The Hall–Kier alpha value is -2.34. The van der Waals surface area contributed by atoms with E-state index in [4.69, 9.17) is 0 Å². The van der Waals surface area contributed by atoms with E-state index in [1.807, 2.05) is 65.0 Å². The van der Waals surface area contributed by atoms with Gasteiger partial charge in [-0.1, -0.05) is 35.9 Å². The molecule has 1 atom stereocenters. The molecule has 146 valence electrons. The second-order valence-corrected chi connectivity index (χ2v) is 9.12. The number of nitrogens with one attached hydrogen (secondary N) is 1. The predicted molar refractivity (Wildman–Crippen MR) is 111 cm³/mol. The van der Waals surface area contributed by atoms with E-state index < -0.39 is 10.0 Å². The van der Waals surface area contributed by atoms with Crippen molar-refractivity contribution in [2.24, 2.45) is 0 Å². The summed E-state index contributed by atoms with van der Waals surface area (Å²) in [5.41, 5.74) is 5.51. The number of hydrogen-bond donors (Lipinski definition) is 1. The topological polar surface area (TPSA) is 66.5 Å². The molecule has 0 bridgehead atoms. The monoisotopic (exact) mass is 388 g/mol. The molecule has 0 aliphatic carbocycles. The average molecular weight is 389 g/mol. The van der Waals surface area contributed by atoms with E-state index >= 15 is 0 Å². The van der Waals surface area contributed by atoms with Crippen LogP contribution in [0.4, 0.5) is 5.69 Å². The Bertz CT molecular complexity index is 952. The Balaban J connectivity index is 2.24. The van der Waals surface area contributed by atoms with Gasteiger partial charge in [0.2, 0.25) is 15.9 Å². The van der Waals surface area contributed by atoms with E-state index in [1.54, 1.807) is 6.07 Å². The summed E-state index contributed by atoms with van der Waals surface area (Å²) >= 11 is 0. The Morgan fingerprint density at radius 1 is 1.00 bits per heavy atom. The summed E-state index contributed by atoms with van der Waals surface area (Å²) in [4.78, 5) is 12.6. The first-order valence-electron chi connectivity index (χ1n) is 8.90. The number of amides is 1. The number of aryl methyl sites for hydroxylation is 4. The second-order valence-electron chi connectivity index (χ2n) is 7.21. The van der Waals surface area contributed by atoms with Crippen molar-refractivity contribution in [3.8, 4) is 0 Å². The summed E-state index contributed by atoms with van der Waals surface area (Å²) in [7, 11) is -3.60. The minimum atomic E-state index is -3.60. The lowest BCUT2D eigenvalue weighted by Gasteiger charge is -2.25. The fraction of sp³-hybridized carbons (Fsp3) is 0.381. The van der Waals surface area contributed by atoms with Gasteiger partial charge in [-0.05, 0) is 62.9 Å². The van der Waals surface area contributed by atoms with Crippen LogP contribution in [0.1, 0.15) is 40.8 Å². The summed E-state index contributed by atoms with van der Waals surface area (Å²) in [5.74, 6) is -0.338. The highest BCUT2D eigenvalue weighted by Gasteiger charge is 2.23. The summed E-state index contributed by atoms with van der Waals surface area (Å²) < 4.78 is 25.8. The van der Waals surface area contributed by atoms with Crippen LogP contribution in [-0.2, 0) is 14.8 Å². The third-order valence-corrected chi connectivity index (χ3v) is 5.73. The Labute approximate surface area is 162 Å². The van der Waals surface area contributed by atoms with E-state index in [9.17, 15) is 13.2 Å². The van der Waals surface area contributed by atoms with Crippen molar-refractivity contribution in [2.45, 2.75) is 40.7 Å². The molecule has 2 aromatic carbocycles. The zero-order chi connectivity index (χ0) is 20.4. The Morgan fingerprint density at radius 3 is 2.15 bits per heavy atom. The van der Waals surface area contributed by atoms with Crippen molar-refractivity contribution in [3.05, 3.63) is 64.2 Å². The molecular formula is C21H28N2O3S. The Morgan fingerprint density at radius 2 is 1.56 bits per heavy atom. The smallest absolute Gasteiger partial charge is 0.241 e. The standard InChI is InChI=1S/C21H28N2O3S/c1-14-7-9-16(3)19(11-14)18(5)22-21(24)13-23(27(6,25)26)20-12-15(2)8-10-17(20)4/h7-12,18H,13H2,1-6H3,(H,22,24)/t18-/m1/s1. The van der Waals surface area contributed by atoms with Crippen LogP contribution in [0.2, 0.25) is 0 Å². The third-order valence-electron chi connectivity index (χ3n) is 4.60. The first-order valence-corrected chi connectivity index (χ1v) is 10.8. The minimum absolute atomic E-state index is 0.211. The van der Waals surface area contributed by atoms with E-state index in [0.29, 0.717) is 5.69 Å². The van der Waals surface area contributed by atoms with Crippen molar-refractivity contribution in [1.29, 1.82) is 0 Å². The fourth-order valence-corrected chi connectivity index (χ4v) is 4.00. The number of sulfonamides is 1. The molecule has 1 amide bonds. The van der Waals surface area contributed by atoms with Gasteiger partial charge in [0.1, 0.15) is 6.54 Å². The summed E-state index contributed by atoms with van der Waals surface area (Å²) in [6, 6.07) is 11.4. The zero-order valence-electron chi connectivity index (χ0n) is 16.8. The first-order chi connectivity index (χ1) is 12.5. The first kappa shape index (κ1) is 21.0. The van der Waals surface area contributed by atoms with Gasteiger partial charge in [0.15, 0.2) is 0 Å². The number of rotatable bonds is 6. The van der Waals surface area contributed by atoms with Gasteiger partial charge >= 0.3 is 0 Å². The number of carbonyl (C=O) groups excluding carboxylic acids is 1. The van der Waals surface area contributed by atoms with Crippen molar-refractivity contribution >= 4 is 21.6 Å². The molecular weight excluding hydrogens is 360 g/mol. The van der Waals surface area contributed by atoms with Crippen LogP contribution in [0.15, 0.2) is 36.4 Å². The van der Waals surface area contributed by atoms with Crippen molar-refractivity contribution in [2.75, 3.05) is 17.1 Å². The number of carbonyl (C=O) groups is 1. The normalized spacial score (nSPS) is 12.5. The SMILES string of the molecule is Cc1ccc(C)c([C@@H](C)NC(=O)CN(c2cc(C)ccc2C)S(C)(=O)=O)c1. The maximum atomic E-state index is 12.6. The largest absolute Gasteiger partial charge is 0.348 e. The van der Waals surface area contributed by atoms with Gasteiger partial charge in [-0.15, -0.1) is 0 Å². The summed E-state index contributed by atoms with van der Waals surface area (Å²) in [6.45, 7) is 9.38. The predicted octanol–water partition coefficient (Wildman–Crippen LogP) is 3.56. The molecule has 6 heteroatoms. The molecule has 0 fully saturated rings. The van der Waals surface area contributed by atoms with Gasteiger partial charge in [0.25, 0.3) is 0 Å². The molecule has 0 saturated heterocycles. The molecule has 5 nitrogen and oxygen atoms in total. The molecule has 2 rings (SSSR count). The molecule has 0 heterocycles. The molecule has 0 aliphatic heterocycles. The number of nitrogens with zero attached hydrogens (tertiary/aromatic N) is 1. The van der Waals surface area contributed by atoms with Crippen LogP contribution >= 0.6 is 0 Å². The van der Waals surface area contributed by atoms with Gasteiger partial charge in [-0.3, -0.25) is 9.10 Å². The Kier molecular flexibility index (Phi) is 6.31. The number of anilines is 1. The molecule has 0 aliphatic rings. The lowest BCUT2D eigenvalue weighted by Crippen LogP contribution is -2.41. The number of hydrogen-bond acceptors (Lipinski definition) is 3. The van der Waals surface area contributed by atoms with E-state index in [-0.39, 0.29) is 18.5 Å². The molecule has 0 spiro atoms. The second kappa shape index (κ2) is 8.13. The van der Waals surface area contributed by atoms with Crippen LogP contribution in [0.25, 0.3) is 0 Å². The van der Waals surface area contributed by atoms with Gasteiger partial charge in [0, 0.05) is 0 Å².